The third-order valence-corrected chi connectivity index (χ3v) is 2.97. The predicted molar refractivity (Wildman–Crippen MR) is 87.8 cm³/mol. The second kappa shape index (κ2) is 7.96. The van der Waals surface area contributed by atoms with Crippen molar-refractivity contribution in [1.29, 1.82) is 0 Å². The molecule has 2 aromatic carbocycles. The minimum Gasteiger partial charge on any atom is -0.497 e. The highest BCUT2D eigenvalue weighted by atomic mass is 19.1. The number of amides is 2. The molecule has 0 saturated heterocycles. The van der Waals surface area contributed by atoms with Crippen LogP contribution >= 0.6 is 0 Å². The predicted octanol–water partition coefficient (Wildman–Crippen LogP) is 2.81. The molecule has 2 rings (SSSR count). The molecular weight excluding hydrogens is 315 g/mol. The maximum atomic E-state index is 13.7. The zero-order chi connectivity index (χ0) is 17.5. The Morgan fingerprint density at radius 3 is 2.54 bits per heavy atom. The molecule has 0 fully saturated rings. The third-order valence-electron chi connectivity index (χ3n) is 2.97. The SMILES string of the molecule is COc1cccc(OCC(=O)Nc2cc(NC(C)=O)ccc2F)c1. The minimum absolute atomic E-state index is 0.0412. The van der Waals surface area contributed by atoms with E-state index < -0.39 is 11.7 Å². The Hall–Kier alpha value is -3.09. The molecule has 0 aliphatic rings. The molecule has 0 aromatic heterocycles. The van der Waals surface area contributed by atoms with E-state index in [4.69, 9.17) is 9.47 Å². The van der Waals surface area contributed by atoms with E-state index in [1.165, 1.54) is 26.2 Å². The number of hydrogen-bond donors (Lipinski definition) is 2. The maximum absolute atomic E-state index is 13.7. The Kier molecular flexibility index (Phi) is 5.73. The number of methoxy groups -OCH3 is 1. The van der Waals surface area contributed by atoms with E-state index in [0.29, 0.717) is 17.2 Å². The van der Waals surface area contributed by atoms with Gasteiger partial charge in [0.05, 0.1) is 12.8 Å². The third kappa shape index (κ3) is 4.98. The van der Waals surface area contributed by atoms with Gasteiger partial charge in [-0.25, -0.2) is 4.39 Å². The van der Waals surface area contributed by atoms with Crippen molar-refractivity contribution in [3.05, 3.63) is 48.3 Å². The number of rotatable bonds is 6. The van der Waals surface area contributed by atoms with Crippen molar-refractivity contribution in [2.45, 2.75) is 6.92 Å². The van der Waals surface area contributed by atoms with Crippen molar-refractivity contribution >= 4 is 23.2 Å². The Morgan fingerprint density at radius 2 is 1.83 bits per heavy atom. The summed E-state index contributed by atoms with van der Waals surface area (Å²) in [6.45, 7) is 1.04. The number of anilines is 2. The molecule has 0 radical (unpaired) electrons. The van der Waals surface area contributed by atoms with Gasteiger partial charge in [0.15, 0.2) is 6.61 Å². The van der Waals surface area contributed by atoms with E-state index in [0.717, 1.165) is 6.07 Å². The van der Waals surface area contributed by atoms with Gasteiger partial charge in [0.25, 0.3) is 5.91 Å². The molecule has 0 aliphatic heterocycles. The summed E-state index contributed by atoms with van der Waals surface area (Å²) < 4.78 is 24.1. The van der Waals surface area contributed by atoms with Crippen LogP contribution in [0.25, 0.3) is 0 Å². The number of benzene rings is 2. The molecule has 126 valence electrons. The van der Waals surface area contributed by atoms with Crippen LogP contribution in [0.15, 0.2) is 42.5 Å². The number of nitrogens with one attached hydrogen (secondary N) is 2. The second-order valence-corrected chi connectivity index (χ2v) is 4.89. The van der Waals surface area contributed by atoms with Crippen molar-refractivity contribution in [1.82, 2.24) is 0 Å². The first-order valence-electron chi connectivity index (χ1n) is 7.12. The lowest BCUT2D eigenvalue weighted by atomic mass is 10.2. The van der Waals surface area contributed by atoms with E-state index in [1.807, 2.05) is 0 Å². The van der Waals surface area contributed by atoms with Gasteiger partial charge in [-0.1, -0.05) is 6.07 Å². The van der Waals surface area contributed by atoms with E-state index in [9.17, 15) is 14.0 Å². The molecule has 0 aliphatic carbocycles. The van der Waals surface area contributed by atoms with Crippen molar-refractivity contribution in [3.63, 3.8) is 0 Å². The number of ether oxygens (including phenoxy) is 2. The molecule has 2 N–H and O–H groups in total. The molecule has 24 heavy (non-hydrogen) atoms. The fraction of sp³-hybridized carbons (Fsp3) is 0.176. The van der Waals surface area contributed by atoms with Gasteiger partial charge in [0.2, 0.25) is 5.91 Å². The van der Waals surface area contributed by atoms with Crippen LogP contribution in [0.5, 0.6) is 11.5 Å². The molecule has 7 heteroatoms. The molecule has 2 aromatic rings. The number of carbonyl (C=O) groups is 2. The Balaban J connectivity index is 1.97. The van der Waals surface area contributed by atoms with Crippen LogP contribution < -0.4 is 20.1 Å². The van der Waals surface area contributed by atoms with Gasteiger partial charge >= 0.3 is 0 Å². The number of hydrogen-bond acceptors (Lipinski definition) is 4. The molecular formula is C17H17FN2O4. The molecule has 6 nitrogen and oxygen atoms in total. The van der Waals surface area contributed by atoms with E-state index in [-0.39, 0.29) is 18.2 Å². The topological polar surface area (TPSA) is 76.7 Å². The maximum Gasteiger partial charge on any atom is 0.262 e. The first-order chi connectivity index (χ1) is 11.5. The van der Waals surface area contributed by atoms with Gasteiger partial charge < -0.3 is 20.1 Å². The first-order valence-corrected chi connectivity index (χ1v) is 7.12. The lowest BCUT2D eigenvalue weighted by Gasteiger charge is -2.10. The fourth-order valence-corrected chi connectivity index (χ4v) is 1.93. The smallest absolute Gasteiger partial charge is 0.262 e. The average Bonchev–Trinajstić information content (AvgIpc) is 2.56. The van der Waals surface area contributed by atoms with E-state index in [1.54, 1.807) is 24.3 Å². The molecule has 0 heterocycles. The van der Waals surface area contributed by atoms with Crippen LogP contribution in [-0.4, -0.2) is 25.5 Å². The van der Waals surface area contributed by atoms with Crippen molar-refractivity contribution in [2.24, 2.45) is 0 Å². The normalized spacial score (nSPS) is 9.96. The average molecular weight is 332 g/mol. The van der Waals surface area contributed by atoms with E-state index in [2.05, 4.69) is 10.6 Å². The molecule has 0 saturated carbocycles. The Bertz CT molecular complexity index is 749. The molecule has 0 atom stereocenters. The highest BCUT2D eigenvalue weighted by molar-refractivity contribution is 5.94. The first kappa shape index (κ1) is 17.3. The standard InChI is InChI=1S/C17H17FN2O4/c1-11(21)19-12-6-7-15(18)16(8-12)20-17(22)10-24-14-5-3-4-13(9-14)23-2/h3-9H,10H2,1-2H3,(H,19,21)(H,20,22). The highest BCUT2D eigenvalue weighted by Gasteiger charge is 2.10. The Labute approximate surface area is 138 Å². The lowest BCUT2D eigenvalue weighted by Crippen LogP contribution is -2.21. The number of carbonyl (C=O) groups excluding carboxylic acids is 2. The summed E-state index contributed by atoms with van der Waals surface area (Å²) in [6.07, 6.45) is 0. The molecule has 2 amide bonds. The summed E-state index contributed by atoms with van der Waals surface area (Å²) in [7, 11) is 1.52. The Morgan fingerprint density at radius 1 is 1.08 bits per heavy atom. The van der Waals surface area contributed by atoms with Gasteiger partial charge in [-0.3, -0.25) is 9.59 Å². The van der Waals surface area contributed by atoms with Crippen LogP contribution in [0, 0.1) is 5.82 Å². The van der Waals surface area contributed by atoms with Gasteiger partial charge in [-0.15, -0.1) is 0 Å². The molecule has 0 spiro atoms. The lowest BCUT2D eigenvalue weighted by molar-refractivity contribution is -0.118. The summed E-state index contributed by atoms with van der Waals surface area (Å²) in [5.41, 5.74) is 0.341. The summed E-state index contributed by atoms with van der Waals surface area (Å²) >= 11 is 0. The summed E-state index contributed by atoms with van der Waals surface area (Å²) in [5, 5.41) is 4.92. The fourth-order valence-electron chi connectivity index (χ4n) is 1.93. The summed E-state index contributed by atoms with van der Waals surface area (Å²) in [6, 6.07) is 10.7. The summed E-state index contributed by atoms with van der Waals surface area (Å²) in [5.74, 6) is -0.380. The van der Waals surface area contributed by atoms with Crippen molar-refractivity contribution < 1.29 is 23.5 Å². The van der Waals surface area contributed by atoms with Crippen LogP contribution in [0.3, 0.4) is 0 Å². The largest absolute Gasteiger partial charge is 0.497 e. The zero-order valence-corrected chi connectivity index (χ0v) is 13.3. The van der Waals surface area contributed by atoms with Crippen LogP contribution in [0.1, 0.15) is 6.92 Å². The summed E-state index contributed by atoms with van der Waals surface area (Å²) in [4.78, 5) is 22.9. The van der Waals surface area contributed by atoms with Gasteiger partial charge in [0.1, 0.15) is 17.3 Å². The van der Waals surface area contributed by atoms with Crippen molar-refractivity contribution in [3.8, 4) is 11.5 Å². The monoisotopic (exact) mass is 332 g/mol. The zero-order valence-electron chi connectivity index (χ0n) is 13.3. The van der Waals surface area contributed by atoms with Gasteiger partial charge in [-0.2, -0.15) is 0 Å². The highest BCUT2D eigenvalue weighted by Crippen LogP contribution is 2.21. The van der Waals surface area contributed by atoms with Crippen LogP contribution in [0.2, 0.25) is 0 Å². The van der Waals surface area contributed by atoms with Crippen LogP contribution in [0.4, 0.5) is 15.8 Å². The van der Waals surface area contributed by atoms with Crippen molar-refractivity contribution in [2.75, 3.05) is 24.4 Å². The van der Waals surface area contributed by atoms with Gasteiger partial charge in [0, 0.05) is 18.7 Å². The molecule has 0 unspecified atom stereocenters. The van der Waals surface area contributed by atoms with Gasteiger partial charge in [-0.05, 0) is 30.3 Å². The van der Waals surface area contributed by atoms with E-state index >= 15 is 0 Å². The molecule has 0 bridgehead atoms. The quantitative estimate of drug-likeness (QED) is 0.853. The second-order valence-electron chi connectivity index (χ2n) is 4.89. The minimum atomic E-state index is -0.612. The van der Waals surface area contributed by atoms with Crippen LogP contribution in [-0.2, 0) is 9.59 Å². The number of halogens is 1.